The van der Waals surface area contributed by atoms with Gasteiger partial charge in [0, 0.05) is 0 Å². The van der Waals surface area contributed by atoms with Crippen molar-refractivity contribution in [1.82, 2.24) is 0 Å². The van der Waals surface area contributed by atoms with Gasteiger partial charge in [-0.25, -0.2) is 0 Å². The van der Waals surface area contributed by atoms with E-state index in [1.54, 1.807) is 31.2 Å². The molecule has 0 saturated carbocycles. The fraction of sp³-hybridized carbons (Fsp3) is 0.333. The average Bonchev–Trinajstić information content (AvgIpc) is 2.30. The number of benzene rings is 1. The van der Waals surface area contributed by atoms with E-state index < -0.39 is 5.41 Å². The molecule has 0 fully saturated rings. The first kappa shape index (κ1) is 13.9. The summed E-state index contributed by atoms with van der Waals surface area (Å²) in [5, 5.41) is 3.23. The Hall–Kier alpha value is -1.13. The van der Waals surface area contributed by atoms with Crippen molar-refractivity contribution >= 4 is 40.4 Å². The van der Waals surface area contributed by atoms with E-state index in [0.29, 0.717) is 17.1 Å². The summed E-state index contributed by atoms with van der Waals surface area (Å²) < 4.78 is 0. The maximum atomic E-state index is 12.1. The number of anilines is 1. The predicted molar refractivity (Wildman–Crippen MR) is 75.3 cm³/mol. The Morgan fingerprint density at radius 3 is 2.59 bits per heavy atom. The summed E-state index contributed by atoms with van der Waals surface area (Å²) in [6.45, 7) is 3.59. The number of hydrogen-bond donors (Lipinski definition) is 2. The highest BCUT2D eigenvalue weighted by Crippen LogP contribution is 2.27. The monoisotopic (exact) mass is 270 g/mol. The molecule has 1 aromatic carbocycles. The lowest BCUT2D eigenvalue weighted by molar-refractivity contribution is -0.121. The van der Waals surface area contributed by atoms with Gasteiger partial charge in [0.15, 0.2) is 0 Å². The van der Waals surface area contributed by atoms with E-state index in [9.17, 15) is 4.79 Å². The molecule has 0 bridgehead atoms. The highest BCUT2D eigenvalue weighted by molar-refractivity contribution is 7.80. The molecule has 5 heteroatoms. The van der Waals surface area contributed by atoms with E-state index in [0.717, 1.165) is 0 Å². The van der Waals surface area contributed by atoms with Gasteiger partial charge in [0.2, 0.25) is 5.91 Å². The Bertz CT molecular complexity index is 450. The first-order valence-corrected chi connectivity index (χ1v) is 6.06. The molecule has 1 amide bonds. The van der Waals surface area contributed by atoms with Crippen LogP contribution in [0.5, 0.6) is 0 Å². The van der Waals surface area contributed by atoms with Crippen LogP contribution < -0.4 is 11.1 Å². The third kappa shape index (κ3) is 2.96. The van der Waals surface area contributed by atoms with Gasteiger partial charge in [0.25, 0.3) is 0 Å². The number of thiocarbonyl (C=S) groups is 1. The number of para-hydroxylation sites is 1. The van der Waals surface area contributed by atoms with Crippen LogP contribution >= 0.6 is 23.8 Å². The van der Waals surface area contributed by atoms with E-state index in [2.05, 4.69) is 5.32 Å². The molecule has 1 aromatic rings. The quantitative estimate of drug-likeness (QED) is 0.827. The second kappa shape index (κ2) is 5.47. The summed E-state index contributed by atoms with van der Waals surface area (Å²) in [4.78, 5) is 12.3. The average molecular weight is 271 g/mol. The number of carbonyl (C=O) groups is 1. The molecular formula is C12H15ClN2OS. The smallest absolute Gasteiger partial charge is 0.237 e. The van der Waals surface area contributed by atoms with Crippen LogP contribution in [0, 0.1) is 5.41 Å². The molecular weight excluding hydrogens is 256 g/mol. The molecule has 0 heterocycles. The van der Waals surface area contributed by atoms with Crippen LogP contribution in [0.15, 0.2) is 24.3 Å². The molecule has 17 heavy (non-hydrogen) atoms. The summed E-state index contributed by atoms with van der Waals surface area (Å²) >= 11 is 10.9. The zero-order valence-corrected chi connectivity index (χ0v) is 11.4. The first-order chi connectivity index (χ1) is 7.91. The van der Waals surface area contributed by atoms with Crippen LogP contribution in [0.2, 0.25) is 5.02 Å². The number of carbonyl (C=O) groups excluding carboxylic acids is 1. The Morgan fingerprint density at radius 2 is 2.12 bits per heavy atom. The number of hydrogen-bond acceptors (Lipinski definition) is 2. The Balaban J connectivity index is 2.93. The van der Waals surface area contributed by atoms with Crippen molar-refractivity contribution in [1.29, 1.82) is 0 Å². The van der Waals surface area contributed by atoms with Gasteiger partial charge in [-0.2, -0.15) is 0 Å². The van der Waals surface area contributed by atoms with Crippen molar-refractivity contribution in [3.05, 3.63) is 29.3 Å². The topological polar surface area (TPSA) is 55.1 Å². The molecule has 0 aliphatic carbocycles. The molecule has 0 saturated heterocycles. The highest BCUT2D eigenvalue weighted by Gasteiger charge is 2.34. The Morgan fingerprint density at radius 1 is 1.53 bits per heavy atom. The standard InChI is InChI=1S/C12H15ClN2OS/c1-3-12(2,10(14)17)11(16)15-9-7-5-4-6-8(9)13/h4-7H,3H2,1-2H3,(H2,14,17)(H,15,16). The molecule has 1 atom stereocenters. The lowest BCUT2D eigenvalue weighted by Crippen LogP contribution is -2.43. The molecule has 0 radical (unpaired) electrons. The number of nitrogens with two attached hydrogens (primary N) is 1. The number of halogens is 1. The summed E-state index contributed by atoms with van der Waals surface area (Å²) in [7, 11) is 0. The maximum absolute atomic E-state index is 12.1. The van der Waals surface area contributed by atoms with Crippen LogP contribution in [0.4, 0.5) is 5.69 Å². The minimum atomic E-state index is -0.853. The zero-order chi connectivity index (χ0) is 13.1. The molecule has 3 nitrogen and oxygen atoms in total. The van der Waals surface area contributed by atoms with Crippen molar-refractivity contribution in [3.8, 4) is 0 Å². The van der Waals surface area contributed by atoms with E-state index >= 15 is 0 Å². The van der Waals surface area contributed by atoms with Crippen LogP contribution in [-0.4, -0.2) is 10.9 Å². The lowest BCUT2D eigenvalue weighted by atomic mass is 9.86. The second-order valence-corrected chi connectivity index (χ2v) is 4.83. The van der Waals surface area contributed by atoms with Crippen molar-refractivity contribution in [3.63, 3.8) is 0 Å². The zero-order valence-electron chi connectivity index (χ0n) is 9.79. The molecule has 3 N–H and O–H groups in total. The van der Waals surface area contributed by atoms with Gasteiger partial charge in [-0.3, -0.25) is 4.79 Å². The van der Waals surface area contributed by atoms with E-state index in [1.165, 1.54) is 0 Å². The van der Waals surface area contributed by atoms with Crippen LogP contribution in [-0.2, 0) is 4.79 Å². The van der Waals surface area contributed by atoms with Crippen molar-refractivity contribution in [2.75, 3.05) is 5.32 Å². The number of nitrogens with one attached hydrogen (secondary N) is 1. The first-order valence-electron chi connectivity index (χ1n) is 5.27. The fourth-order valence-corrected chi connectivity index (χ4v) is 1.69. The molecule has 1 rings (SSSR count). The van der Waals surface area contributed by atoms with Crippen LogP contribution in [0.3, 0.4) is 0 Å². The van der Waals surface area contributed by atoms with E-state index in [1.807, 2.05) is 6.92 Å². The predicted octanol–water partition coefficient (Wildman–Crippen LogP) is 2.98. The van der Waals surface area contributed by atoms with Crippen LogP contribution in [0.1, 0.15) is 20.3 Å². The fourth-order valence-electron chi connectivity index (χ4n) is 1.27. The third-order valence-corrected chi connectivity index (χ3v) is 3.65. The van der Waals surface area contributed by atoms with Gasteiger partial charge in [-0.15, -0.1) is 0 Å². The Kier molecular flexibility index (Phi) is 4.48. The summed E-state index contributed by atoms with van der Waals surface area (Å²) in [5.41, 5.74) is 5.32. The SMILES string of the molecule is CCC(C)(C(=O)Nc1ccccc1Cl)C(N)=S. The maximum Gasteiger partial charge on any atom is 0.237 e. The van der Waals surface area contributed by atoms with Gasteiger partial charge in [0.1, 0.15) is 0 Å². The normalized spacial score (nSPS) is 13.8. The van der Waals surface area contributed by atoms with Gasteiger partial charge in [-0.05, 0) is 25.5 Å². The van der Waals surface area contributed by atoms with Crippen LogP contribution in [0.25, 0.3) is 0 Å². The van der Waals surface area contributed by atoms with E-state index in [-0.39, 0.29) is 10.9 Å². The summed E-state index contributed by atoms with van der Waals surface area (Å²) in [6, 6.07) is 7.03. The van der Waals surface area contributed by atoms with Gasteiger partial charge >= 0.3 is 0 Å². The summed E-state index contributed by atoms with van der Waals surface area (Å²) in [5.74, 6) is -0.236. The third-order valence-electron chi connectivity index (χ3n) is 2.87. The van der Waals surface area contributed by atoms with Gasteiger partial charge in [-0.1, -0.05) is 42.9 Å². The second-order valence-electron chi connectivity index (χ2n) is 3.98. The molecule has 0 spiro atoms. The molecule has 0 aromatic heterocycles. The summed E-state index contributed by atoms with van der Waals surface area (Å²) in [6.07, 6.45) is 0.540. The van der Waals surface area contributed by atoms with Gasteiger partial charge in [0.05, 0.1) is 21.1 Å². The van der Waals surface area contributed by atoms with Gasteiger partial charge < -0.3 is 11.1 Å². The number of amides is 1. The van der Waals surface area contributed by atoms with Crippen molar-refractivity contribution < 1.29 is 4.79 Å². The highest BCUT2D eigenvalue weighted by atomic mass is 35.5. The van der Waals surface area contributed by atoms with E-state index in [4.69, 9.17) is 29.6 Å². The molecule has 1 unspecified atom stereocenters. The molecule has 0 aliphatic heterocycles. The minimum Gasteiger partial charge on any atom is -0.392 e. The molecule has 92 valence electrons. The molecule has 0 aliphatic rings. The van der Waals surface area contributed by atoms with Crippen molar-refractivity contribution in [2.24, 2.45) is 11.1 Å². The largest absolute Gasteiger partial charge is 0.392 e. The number of rotatable bonds is 4. The Labute approximate surface area is 111 Å². The minimum absolute atomic E-state index is 0.185. The van der Waals surface area contributed by atoms with Crippen molar-refractivity contribution in [2.45, 2.75) is 20.3 Å². The lowest BCUT2D eigenvalue weighted by Gasteiger charge is -2.25.